The van der Waals surface area contributed by atoms with Gasteiger partial charge in [-0.25, -0.2) is 41.7 Å². The number of fused-ring (bicyclic) bond motifs is 2. The van der Waals surface area contributed by atoms with E-state index < -0.39 is 65.7 Å². The molecule has 0 bridgehead atoms. The molecule has 5 aromatic rings. The normalized spacial score (nSPS) is 22.4. The summed E-state index contributed by atoms with van der Waals surface area (Å²) in [6.07, 6.45) is 3.17. The molecule has 4 atom stereocenters. The lowest BCUT2D eigenvalue weighted by atomic mass is 9.92. The number of aromatic nitrogens is 5. The second kappa shape index (κ2) is 21.6. The Bertz CT molecular complexity index is 3200. The Labute approximate surface area is 430 Å². The molecule has 76 heavy (non-hydrogen) atoms. The second-order valence-electron chi connectivity index (χ2n) is 19.9. The molecular formula is C51H57F7N14O4. The van der Waals surface area contributed by atoms with Crippen molar-refractivity contribution in [2.75, 3.05) is 64.3 Å². The van der Waals surface area contributed by atoms with Crippen LogP contribution in [-0.4, -0.2) is 135 Å². The zero-order chi connectivity index (χ0) is 53.4. The number of urea groups is 2. The quantitative estimate of drug-likeness (QED) is 0.0922. The number of aliphatic imine (C=N–C) groups is 2. The average molecular weight is 1060 g/mol. The van der Waals surface area contributed by atoms with E-state index >= 15 is 8.78 Å². The topological polar surface area (TPSA) is 205 Å². The standard InChI is InChI=1S/C51H57F7N14O4/c1-59-43-37(11-9-28(25-61-43)33-5-2-6-35(52)41(33)54)64-47(73)68-21-15-31(16-22-68)72-40-8-4-18-70(46(40)67-50(72)76)32-23-34(42(55)36(53)24-32)29-10-12-38(44(62-26-29)63-27-51(56,57)58)65-48(74)69-19-13-30(14-20-69)71-39-7-3-17-60-45(39)66-49(71)75/h2-8,17,23-24,28-31,37-38H,9-16,18-22,25-27H2,1H3,(H,59,61)(H,62,63)(H,64,73)(H,65,74)(H,67,76)(H,60,66,75)/t28-,29-,37-,38-/m1/s1. The molecular weight excluding hydrogens is 1010 g/mol. The maximum absolute atomic E-state index is 16.0. The van der Waals surface area contributed by atoms with Crippen molar-refractivity contribution in [3.63, 3.8) is 0 Å². The molecule has 3 saturated heterocycles. The van der Waals surface area contributed by atoms with Crippen LogP contribution in [0.3, 0.4) is 0 Å². The van der Waals surface area contributed by atoms with Crippen molar-refractivity contribution in [1.29, 1.82) is 0 Å². The van der Waals surface area contributed by atoms with Crippen molar-refractivity contribution in [3.8, 4) is 0 Å². The fraction of sp³-hybridized carbons (Fsp3) is 0.471. The maximum atomic E-state index is 16.0. The van der Waals surface area contributed by atoms with Crippen molar-refractivity contribution in [2.45, 2.75) is 93.5 Å². The third-order valence-corrected chi connectivity index (χ3v) is 15.3. The number of hydrogen-bond donors (Lipinski definition) is 6. The average Bonchev–Trinajstić information content (AvgIpc) is 3.75. The fourth-order valence-electron chi connectivity index (χ4n) is 11.4. The number of halogens is 7. The Morgan fingerprint density at radius 2 is 1.42 bits per heavy atom. The minimum Gasteiger partial charge on any atom is -0.371 e. The van der Waals surface area contributed by atoms with Crippen LogP contribution in [0.4, 0.5) is 51.8 Å². The number of alkyl halides is 3. The molecule has 2 aromatic carbocycles. The summed E-state index contributed by atoms with van der Waals surface area (Å²) in [4.78, 5) is 77.4. The van der Waals surface area contributed by atoms with Crippen molar-refractivity contribution in [1.82, 2.24) is 55.2 Å². The molecule has 0 aliphatic carbocycles. The molecule has 3 aromatic heterocycles. The molecule has 404 valence electrons. The monoisotopic (exact) mass is 1060 g/mol. The van der Waals surface area contributed by atoms with E-state index in [4.69, 9.17) is 0 Å². The van der Waals surface area contributed by atoms with Crippen LogP contribution in [0.5, 0.6) is 0 Å². The van der Waals surface area contributed by atoms with Gasteiger partial charge in [-0.3, -0.25) is 29.1 Å². The number of carbonyl (C=O) groups is 2. The zero-order valence-corrected chi connectivity index (χ0v) is 41.4. The van der Waals surface area contributed by atoms with Crippen LogP contribution >= 0.6 is 0 Å². The van der Waals surface area contributed by atoms with E-state index in [1.54, 1.807) is 62.5 Å². The molecule has 8 heterocycles. The highest BCUT2D eigenvalue weighted by molar-refractivity contribution is 5.92. The highest BCUT2D eigenvalue weighted by Gasteiger charge is 2.36. The van der Waals surface area contributed by atoms with Gasteiger partial charge in [0.05, 0.1) is 23.3 Å². The lowest BCUT2D eigenvalue weighted by Crippen LogP contribution is -2.53. The molecule has 0 saturated carbocycles. The van der Waals surface area contributed by atoms with Gasteiger partial charge in [0.25, 0.3) is 0 Å². The van der Waals surface area contributed by atoms with Crippen molar-refractivity contribution < 1.29 is 40.3 Å². The number of aromatic amines is 2. The number of nitrogens with one attached hydrogen (secondary N) is 6. The number of piperidine rings is 2. The predicted octanol–water partition coefficient (Wildman–Crippen LogP) is 6.69. The van der Waals surface area contributed by atoms with Crippen LogP contribution in [0.1, 0.15) is 92.1 Å². The number of amides is 4. The van der Waals surface area contributed by atoms with Crippen molar-refractivity contribution >= 4 is 52.5 Å². The zero-order valence-electron chi connectivity index (χ0n) is 41.4. The van der Waals surface area contributed by atoms with Crippen LogP contribution in [0, 0.1) is 23.3 Å². The highest BCUT2D eigenvalue weighted by atomic mass is 19.4. The molecule has 4 amide bonds. The van der Waals surface area contributed by atoms with Gasteiger partial charge < -0.3 is 36.0 Å². The molecule has 3 fully saturated rings. The summed E-state index contributed by atoms with van der Waals surface area (Å²) in [6, 6.07) is 7.06. The first kappa shape index (κ1) is 51.9. The van der Waals surface area contributed by atoms with Crippen LogP contribution < -0.4 is 37.5 Å². The number of hydrogen-bond acceptors (Lipinski definition) is 9. The highest BCUT2D eigenvalue weighted by Crippen LogP contribution is 2.38. The molecule has 0 spiro atoms. The number of likely N-dealkylation sites (tertiary alicyclic amines) is 2. The summed E-state index contributed by atoms with van der Waals surface area (Å²) in [5.74, 6) is -4.63. The SMILES string of the molecule is CN=C1NC[C@H](c2cccc(F)c2F)CC[C@H]1NC(=O)N1CCC(n2c3c([nH]c2=O)N(c2cc(F)c(F)c([C@@H]4CC[C@@H](NC(=O)N5CCC(n6c(=O)[nH]c7ncccc76)CC5)C(NCC(F)(F)F)=NC4)c2)CC=C3)CC1. The Morgan fingerprint density at radius 3 is 2.13 bits per heavy atom. The van der Waals surface area contributed by atoms with Gasteiger partial charge in [0.15, 0.2) is 28.9 Å². The summed E-state index contributed by atoms with van der Waals surface area (Å²) in [5, 5.41) is 11.4. The molecule has 0 unspecified atom stereocenters. The second-order valence-corrected chi connectivity index (χ2v) is 19.9. The number of carbonyl (C=O) groups excluding carboxylic acids is 2. The predicted molar refractivity (Wildman–Crippen MR) is 270 cm³/mol. The Kier molecular flexibility index (Phi) is 14.7. The van der Waals surface area contributed by atoms with Crippen molar-refractivity contribution in [2.24, 2.45) is 9.98 Å². The lowest BCUT2D eigenvalue weighted by molar-refractivity contribution is -0.122. The van der Waals surface area contributed by atoms with Gasteiger partial charge in [-0.15, -0.1) is 0 Å². The number of H-pyrrole nitrogens is 2. The molecule has 0 radical (unpaired) electrons. The van der Waals surface area contributed by atoms with E-state index in [0.29, 0.717) is 86.7 Å². The van der Waals surface area contributed by atoms with Crippen LogP contribution in [-0.2, 0) is 0 Å². The largest absolute Gasteiger partial charge is 0.405 e. The molecule has 6 N–H and O–H groups in total. The van der Waals surface area contributed by atoms with Gasteiger partial charge >= 0.3 is 29.6 Å². The van der Waals surface area contributed by atoms with E-state index in [1.165, 1.54) is 17.0 Å². The van der Waals surface area contributed by atoms with Gasteiger partial charge in [0, 0.05) is 94.7 Å². The summed E-state index contributed by atoms with van der Waals surface area (Å²) in [5.41, 5.74) is 1.19. The number of rotatable bonds is 8. The third-order valence-electron chi connectivity index (χ3n) is 15.3. The fourth-order valence-corrected chi connectivity index (χ4v) is 11.4. The van der Waals surface area contributed by atoms with E-state index in [-0.39, 0.29) is 91.4 Å². The van der Waals surface area contributed by atoms with Gasteiger partial charge in [-0.1, -0.05) is 18.2 Å². The molecule has 5 aliphatic heterocycles. The minimum atomic E-state index is -4.63. The molecule has 18 nitrogen and oxygen atoms in total. The van der Waals surface area contributed by atoms with Gasteiger partial charge in [-0.2, -0.15) is 13.2 Å². The summed E-state index contributed by atoms with van der Waals surface area (Å²) in [6.45, 7) is -0.115. The molecule has 10 rings (SSSR count). The van der Waals surface area contributed by atoms with Gasteiger partial charge in [0.2, 0.25) is 0 Å². The molecule has 25 heteroatoms. The molecule has 5 aliphatic rings. The van der Waals surface area contributed by atoms with Crippen molar-refractivity contribution in [3.05, 3.63) is 116 Å². The first-order chi connectivity index (χ1) is 36.5. The Hall–Kier alpha value is -7.60. The van der Waals surface area contributed by atoms with Gasteiger partial charge in [0.1, 0.15) is 24.0 Å². The number of benzene rings is 2. The van der Waals surface area contributed by atoms with E-state index in [1.807, 2.05) is 0 Å². The maximum Gasteiger partial charge on any atom is 0.405 e. The van der Waals surface area contributed by atoms with Crippen LogP contribution in [0.25, 0.3) is 17.2 Å². The summed E-state index contributed by atoms with van der Waals surface area (Å²) in [7, 11) is 1.59. The number of amidine groups is 2. The van der Waals surface area contributed by atoms with Crippen LogP contribution in [0.2, 0.25) is 0 Å². The number of pyridine rings is 1. The Morgan fingerprint density at radius 1 is 0.763 bits per heavy atom. The lowest BCUT2D eigenvalue weighted by Gasteiger charge is -2.34. The van der Waals surface area contributed by atoms with Crippen LogP contribution in [0.15, 0.2) is 74.3 Å². The summed E-state index contributed by atoms with van der Waals surface area (Å²) < 4.78 is 105. The Balaban J connectivity index is 0.796. The third kappa shape index (κ3) is 10.6. The first-order valence-corrected chi connectivity index (χ1v) is 25.5. The first-order valence-electron chi connectivity index (χ1n) is 25.5. The van der Waals surface area contributed by atoms with E-state index in [2.05, 4.69) is 46.2 Å². The van der Waals surface area contributed by atoms with E-state index in [9.17, 15) is 41.1 Å². The number of nitrogens with zero attached hydrogens (tertiary/aromatic N) is 8. The summed E-state index contributed by atoms with van der Waals surface area (Å²) >= 11 is 0. The number of imidazole rings is 2. The van der Waals surface area contributed by atoms with Gasteiger partial charge in [-0.05, 0) is 92.8 Å². The van der Waals surface area contributed by atoms with E-state index in [0.717, 1.165) is 12.1 Å². The number of anilines is 2. The minimum absolute atomic E-state index is 0.0272. The smallest absolute Gasteiger partial charge is 0.371 e.